The number of alkyl carbamates (subject to hydrolysis) is 1. The average Bonchev–Trinajstić information content (AvgIpc) is 2.41. The maximum Gasteiger partial charge on any atom is 0.407 e. The quantitative estimate of drug-likeness (QED) is 0.569. The van der Waals surface area contributed by atoms with Gasteiger partial charge in [-0.05, 0) is 56.1 Å². The first kappa shape index (κ1) is 20.2. The first-order valence-electron chi connectivity index (χ1n) is 8.09. The fourth-order valence-corrected chi connectivity index (χ4v) is 2.10. The molecule has 0 unspecified atom stereocenters. The molecule has 0 atom stereocenters. The highest BCUT2D eigenvalue weighted by Gasteiger charge is 2.15. The van der Waals surface area contributed by atoms with E-state index in [1.165, 1.54) is 5.56 Å². The molecule has 0 aliphatic heterocycles. The number of nitrogens with one attached hydrogen (secondary N) is 3. The van der Waals surface area contributed by atoms with E-state index in [1.807, 2.05) is 32.9 Å². The van der Waals surface area contributed by atoms with Crippen LogP contribution in [0.3, 0.4) is 0 Å². The molecule has 0 saturated heterocycles. The van der Waals surface area contributed by atoms with Gasteiger partial charge in [0, 0.05) is 18.8 Å². The highest BCUT2D eigenvalue weighted by Crippen LogP contribution is 2.23. The van der Waals surface area contributed by atoms with E-state index in [-0.39, 0.29) is 5.41 Å². The number of thiocarbonyl (C=S) groups is 1. The molecular weight excluding hydrogens is 322 g/mol. The van der Waals surface area contributed by atoms with Gasteiger partial charge in [0.2, 0.25) is 0 Å². The van der Waals surface area contributed by atoms with Crippen molar-refractivity contribution in [3.63, 3.8) is 0 Å². The summed E-state index contributed by atoms with van der Waals surface area (Å²) in [6.07, 6.45) is -0.430. The van der Waals surface area contributed by atoms with Crippen molar-refractivity contribution in [2.75, 3.05) is 18.4 Å². The first-order chi connectivity index (χ1) is 11.0. The third kappa shape index (κ3) is 8.15. The maximum atomic E-state index is 11.5. The van der Waals surface area contributed by atoms with Crippen LogP contribution in [0.15, 0.2) is 24.3 Å². The monoisotopic (exact) mass is 351 g/mol. The molecule has 1 aromatic rings. The molecule has 0 heterocycles. The molecule has 134 valence electrons. The number of hydrogen-bond acceptors (Lipinski definition) is 3. The topological polar surface area (TPSA) is 62.4 Å². The summed E-state index contributed by atoms with van der Waals surface area (Å²) in [6, 6.07) is 8.20. The largest absolute Gasteiger partial charge is 0.444 e. The molecule has 24 heavy (non-hydrogen) atoms. The van der Waals surface area contributed by atoms with Gasteiger partial charge < -0.3 is 20.7 Å². The molecule has 1 rings (SSSR count). The van der Waals surface area contributed by atoms with Crippen LogP contribution in [0, 0.1) is 0 Å². The number of carbonyl (C=O) groups is 1. The summed E-state index contributed by atoms with van der Waals surface area (Å²) in [5.74, 6) is 0. The maximum absolute atomic E-state index is 11.5. The molecule has 1 amide bonds. The Bertz CT molecular complexity index is 557. The van der Waals surface area contributed by atoms with E-state index in [1.54, 1.807) is 0 Å². The summed E-state index contributed by atoms with van der Waals surface area (Å²) in [5.41, 5.74) is 1.84. The fraction of sp³-hybridized carbons (Fsp3) is 0.556. The molecular formula is C18H29N3O2S. The van der Waals surface area contributed by atoms with Crippen LogP contribution in [-0.4, -0.2) is 29.9 Å². The third-order valence-corrected chi connectivity index (χ3v) is 3.33. The molecule has 5 nitrogen and oxygen atoms in total. The lowest BCUT2D eigenvalue weighted by Crippen LogP contribution is -2.39. The Morgan fingerprint density at radius 3 is 2.04 bits per heavy atom. The van der Waals surface area contributed by atoms with Gasteiger partial charge in [-0.3, -0.25) is 0 Å². The van der Waals surface area contributed by atoms with Gasteiger partial charge in [-0.1, -0.05) is 32.9 Å². The number of anilines is 1. The van der Waals surface area contributed by atoms with Gasteiger partial charge in [-0.25, -0.2) is 4.79 Å². The normalized spacial score (nSPS) is 11.6. The lowest BCUT2D eigenvalue weighted by Gasteiger charge is -2.20. The summed E-state index contributed by atoms with van der Waals surface area (Å²) in [4.78, 5) is 11.5. The fourth-order valence-electron chi connectivity index (χ4n) is 1.88. The van der Waals surface area contributed by atoms with Crippen molar-refractivity contribution in [1.82, 2.24) is 10.6 Å². The van der Waals surface area contributed by atoms with Gasteiger partial charge >= 0.3 is 6.09 Å². The summed E-state index contributed by atoms with van der Waals surface area (Å²) in [6.45, 7) is 13.0. The van der Waals surface area contributed by atoms with E-state index in [0.717, 1.165) is 5.69 Å². The minimum atomic E-state index is -0.492. The summed E-state index contributed by atoms with van der Waals surface area (Å²) in [7, 11) is 0. The molecule has 0 bridgehead atoms. The Morgan fingerprint density at radius 2 is 1.54 bits per heavy atom. The number of rotatable bonds is 4. The molecule has 6 heteroatoms. The zero-order valence-corrected chi connectivity index (χ0v) is 16.3. The molecule has 0 aliphatic rings. The van der Waals surface area contributed by atoms with Crippen LogP contribution in [-0.2, 0) is 10.2 Å². The second-order valence-corrected chi connectivity index (χ2v) is 8.05. The van der Waals surface area contributed by atoms with E-state index in [9.17, 15) is 4.79 Å². The third-order valence-electron chi connectivity index (χ3n) is 3.09. The van der Waals surface area contributed by atoms with Gasteiger partial charge in [0.1, 0.15) is 5.60 Å². The highest BCUT2D eigenvalue weighted by molar-refractivity contribution is 7.80. The van der Waals surface area contributed by atoms with E-state index in [2.05, 4.69) is 48.9 Å². The van der Waals surface area contributed by atoms with E-state index in [0.29, 0.717) is 18.2 Å². The zero-order chi connectivity index (χ0) is 18.4. The molecule has 0 spiro atoms. The lowest BCUT2D eigenvalue weighted by atomic mass is 9.87. The molecule has 0 radical (unpaired) electrons. The number of amides is 1. The standard InChI is InChI=1S/C18H29N3O2S/c1-17(2,3)13-7-9-14(10-8-13)21-15(24)19-11-12-20-16(22)23-18(4,5)6/h7-10H,11-12H2,1-6H3,(H,20,22)(H2,19,21,24). The van der Waals surface area contributed by atoms with Crippen molar-refractivity contribution in [3.05, 3.63) is 29.8 Å². The smallest absolute Gasteiger partial charge is 0.407 e. The van der Waals surface area contributed by atoms with Crippen LogP contribution >= 0.6 is 12.2 Å². The van der Waals surface area contributed by atoms with Gasteiger partial charge in [0.25, 0.3) is 0 Å². The van der Waals surface area contributed by atoms with Crippen molar-refractivity contribution in [2.45, 2.75) is 52.6 Å². The van der Waals surface area contributed by atoms with Crippen LogP contribution in [0.1, 0.15) is 47.1 Å². The minimum absolute atomic E-state index is 0.130. The Hall–Kier alpha value is -1.82. The Labute approximate surface area is 150 Å². The molecule has 0 saturated carbocycles. The molecule has 0 fully saturated rings. The molecule has 3 N–H and O–H groups in total. The predicted molar refractivity (Wildman–Crippen MR) is 104 cm³/mol. The Morgan fingerprint density at radius 1 is 1.00 bits per heavy atom. The van der Waals surface area contributed by atoms with E-state index in [4.69, 9.17) is 17.0 Å². The number of ether oxygens (including phenoxy) is 1. The van der Waals surface area contributed by atoms with Crippen molar-refractivity contribution >= 4 is 29.1 Å². The van der Waals surface area contributed by atoms with Crippen molar-refractivity contribution < 1.29 is 9.53 Å². The van der Waals surface area contributed by atoms with Crippen LogP contribution in [0.4, 0.5) is 10.5 Å². The van der Waals surface area contributed by atoms with Crippen molar-refractivity contribution in [1.29, 1.82) is 0 Å². The molecule has 1 aromatic carbocycles. The van der Waals surface area contributed by atoms with E-state index < -0.39 is 11.7 Å². The highest BCUT2D eigenvalue weighted by atomic mass is 32.1. The second kappa shape index (κ2) is 8.33. The Kier molecular flexibility index (Phi) is 7.02. The second-order valence-electron chi connectivity index (χ2n) is 7.64. The summed E-state index contributed by atoms with van der Waals surface area (Å²) < 4.78 is 5.15. The molecule has 0 aliphatic carbocycles. The predicted octanol–water partition coefficient (Wildman–Crippen LogP) is 3.80. The zero-order valence-electron chi connectivity index (χ0n) is 15.4. The lowest BCUT2D eigenvalue weighted by molar-refractivity contribution is 0.0529. The Balaban J connectivity index is 2.31. The number of carbonyl (C=O) groups excluding carboxylic acids is 1. The van der Waals surface area contributed by atoms with Crippen LogP contribution < -0.4 is 16.0 Å². The van der Waals surface area contributed by atoms with Gasteiger partial charge in [0.05, 0.1) is 0 Å². The van der Waals surface area contributed by atoms with Gasteiger partial charge in [0.15, 0.2) is 5.11 Å². The van der Waals surface area contributed by atoms with Crippen LogP contribution in [0.2, 0.25) is 0 Å². The summed E-state index contributed by atoms with van der Waals surface area (Å²) >= 11 is 5.24. The van der Waals surface area contributed by atoms with Crippen LogP contribution in [0.25, 0.3) is 0 Å². The first-order valence-corrected chi connectivity index (χ1v) is 8.50. The van der Waals surface area contributed by atoms with Crippen molar-refractivity contribution in [3.8, 4) is 0 Å². The van der Waals surface area contributed by atoms with Crippen molar-refractivity contribution in [2.24, 2.45) is 0 Å². The van der Waals surface area contributed by atoms with E-state index >= 15 is 0 Å². The SMILES string of the molecule is CC(C)(C)OC(=O)NCCNC(=S)Nc1ccc(C(C)(C)C)cc1. The number of benzene rings is 1. The number of hydrogen-bond donors (Lipinski definition) is 3. The summed E-state index contributed by atoms with van der Waals surface area (Å²) in [5, 5.41) is 9.36. The van der Waals surface area contributed by atoms with Gasteiger partial charge in [-0.2, -0.15) is 0 Å². The van der Waals surface area contributed by atoms with Crippen LogP contribution in [0.5, 0.6) is 0 Å². The molecule has 0 aromatic heterocycles. The minimum Gasteiger partial charge on any atom is -0.444 e. The van der Waals surface area contributed by atoms with Gasteiger partial charge in [-0.15, -0.1) is 0 Å². The average molecular weight is 352 g/mol.